The van der Waals surface area contributed by atoms with Gasteiger partial charge in [-0.25, -0.2) is 9.48 Å². The number of amides is 1. The summed E-state index contributed by atoms with van der Waals surface area (Å²) in [6, 6.07) is 0.108. The largest absolute Gasteiger partial charge is 0.444 e. The average molecular weight is 267 g/mol. The number of carbonyl (C=O) groups excluding carboxylic acids is 1. The van der Waals surface area contributed by atoms with E-state index in [0.29, 0.717) is 6.54 Å². The number of tetrazole rings is 1. The molecular formula is C12H21N5O2. The molecule has 0 N–H and O–H groups in total. The maximum atomic E-state index is 12.1. The molecule has 7 nitrogen and oxygen atoms in total. The van der Waals surface area contributed by atoms with Crippen LogP contribution in [0.5, 0.6) is 0 Å². The molecule has 106 valence electrons. The van der Waals surface area contributed by atoms with Crippen LogP contribution in [0.15, 0.2) is 0 Å². The van der Waals surface area contributed by atoms with Crippen LogP contribution >= 0.6 is 0 Å². The summed E-state index contributed by atoms with van der Waals surface area (Å²) in [5.74, 6) is 0.760. The molecule has 1 saturated heterocycles. The third-order valence-electron chi connectivity index (χ3n) is 3.10. The predicted octanol–water partition coefficient (Wildman–Crippen LogP) is 1.38. The van der Waals surface area contributed by atoms with Crippen LogP contribution < -0.4 is 0 Å². The summed E-state index contributed by atoms with van der Waals surface area (Å²) in [5.41, 5.74) is -0.463. The molecule has 0 aromatic carbocycles. The molecule has 1 fully saturated rings. The number of nitrogens with zero attached hydrogens (tertiary/aromatic N) is 5. The predicted molar refractivity (Wildman–Crippen MR) is 68.5 cm³/mol. The Labute approximate surface area is 112 Å². The summed E-state index contributed by atoms with van der Waals surface area (Å²) in [4.78, 5) is 13.9. The first-order chi connectivity index (χ1) is 8.87. The van der Waals surface area contributed by atoms with Crippen molar-refractivity contribution in [2.45, 2.75) is 58.7 Å². The number of aryl methyl sites for hydroxylation is 1. The molecule has 0 unspecified atom stereocenters. The van der Waals surface area contributed by atoms with E-state index in [1.165, 1.54) is 0 Å². The minimum atomic E-state index is -0.463. The van der Waals surface area contributed by atoms with Crippen molar-refractivity contribution < 1.29 is 9.53 Å². The Kier molecular flexibility index (Phi) is 3.73. The van der Waals surface area contributed by atoms with E-state index in [1.807, 2.05) is 27.7 Å². The fraction of sp³-hybridized carbons (Fsp3) is 0.833. The van der Waals surface area contributed by atoms with Crippen molar-refractivity contribution in [1.29, 1.82) is 0 Å². The van der Waals surface area contributed by atoms with Gasteiger partial charge in [-0.15, -0.1) is 5.10 Å². The quantitative estimate of drug-likeness (QED) is 0.809. The molecule has 7 heteroatoms. The van der Waals surface area contributed by atoms with E-state index < -0.39 is 5.60 Å². The number of ether oxygens (including phenoxy) is 1. The molecular weight excluding hydrogens is 246 g/mol. The third-order valence-corrected chi connectivity index (χ3v) is 3.10. The zero-order valence-electron chi connectivity index (χ0n) is 12.0. The van der Waals surface area contributed by atoms with Crippen LogP contribution in [0.3, 0.4) is 0 Å². The first-order valence-corrected chi connectivity index (χ1v) is 6.59. The summed E-state index contributed by atoms with van der Waals surface area (Å²) < 4.78 is 7.16. The highest BCUT2D eigenvalue weighted by atomic mass is 16.6. The van der Waals surface area contributed by atoms with Crippen LogP contribution in [0.4, 0.5) is 4.79 Å². The molecule has 1 aliphatic heterocycles. The molecule has 0 spiro atoms. The fourth-order valence-electron chi connectivity index (χ4n) is 2.20. The monoisotopic (exact) mass is 267 g/mol. The van der Waals surface area contributed by atoms with Crippen molar-refractivity contribution in [3.63, 3.8) is 0 Å². The van der Waals surface area contributed by atoms with E-state index in [-0.39, 0.29) is 12.1 Å². The molecule has 0 radical (unpaired) electrons. The molecule has 1 atom stereocenters. The van der Waals surface area contributed by atoms with Crippen LogP contribution in [0.25, 0.3) is 0 Å². The highest BCUT2D eigenvalue weighted by molar-refractivity contribution is 5.68. The number of aromatic nitrogens is 4. The molecule has 1 amide bonds. The maximum Gasteiger partial charge on any atom is 0.410 e. The van der Waals surface area contributed by atoms with Gasteiger partial charge in [0.15, 0.2) is 0 Å². The SMILES string of the molecule is Cc1nnnn1C[C@@H]1CCCN1C(=O)OC(C)(C)C. The number of carbonyl (C=O) groups is 1. The molecule has 19 heavy (non-hydrogen) atoms. The molecule has 0 saturated carbocycles. The molecule has 2 rings (SSSR count). The van der Waals surface area contributed by atoms with E-state index in [2.05, 4.69) is 15.5 Å². The van der Waals surface area contributed by atoms with Gasteiger partial charge >= 0.3 is 6.09 Å². The summed E-state index contributed by atoms with van der Waals surface area (Å²) in [6.45, 7) is 8.84. The third kappa shape index (κ3) is 3.42. The first-order valence-electron chi connectivity index (χ1n) is 6.59. The summed E-state index contributed by atoms with van der Waals surface area (Å²) in [5, 5.41) is 11.4. The van der Waals surface area contributed by atoms with Gasteiger partial charge in [0, 0.05) is 6.54 Å². The molecule has 1 aromatic rings. The van der Waals surface area contributed by atoms with Crippen molar-refractivity contribution in [3.05, 3.63) is 5.82 Å². The molecule has 0 bridgehead atoms. The second-order valence-corrected chi connectivity index (χ2v) is 5.88. The van der Waals surface area contributed by atoms with Crippen molar-refractivity contribution in [2.24, 2.45) is 0 Å². The number of hydrogen-bond donors (Lipinski definition) is 0. The first kappa shape index (κ1) is 13.8. The Morgan fingerprint density at radius 3 is 2.79 bits per heavy atom. The van der Waals surface area contributed by atoms with Gasteiger partial charge < -0.3 is 9.64 Å². The van der Waals surface area contributed by atoms with Crippen LogP contribution in [0, 0.1) is 6.92 Å². The molecule has 2 heterocycles. The van der Waals surface area contributed by atoms with Gasteiger partial charge in [-0.05, 0) is 51.0 Å². The Hall–Kier alpha value is -1.66. The standard InChI is InChI=1S/C12H21N5O2/c1-9-13-14-15-17(9)8-10-6-5-7-16(10)11(18)19-12(2,3)4/h10H,5-8H2,1-4H3/t10-/m0/s1. The minimum Gasteiger partial charge on any atom is -0.444 e. The van der Waals surface area contributed by atoms with E-state index in [0.717, 1.165) is 25.2 Å². The van der Waals surface area contributed by atoms with Crippen LogP contribution in [-0.2, 0) is 11.3 Å². The Morgan fingerprint density at radius 2 is 2.21 bits per heavy atom. The lowest BCUT2D eigenvalue weighted by molar-refractivity contribution is 0.0210. The van der Waals surface area contributed by atoms with Crippen molar-refractivity contribution in [3.8, 4) is 0 Å². The van der Waals surface area contributed by atoms with E-state index >= 15 is 0 Å². The van der Waals surface area contributed by atoms with E-state index in [9.17, 15) is 4.79 Å². The fourth-order valence-corrected chi connectivity index (χ4v) is 2.20. The van der Waals surface area contributed by atoms with Crippen molar-refractivity contribution >= 4 is 6.09 Å². The van der Waals surface area contributed by atoms with Crippen molar-refractivity contribution in [1.82, 2.24) is 25.1 Å². The minimum absolute atomic E-state index is 0.108. The van der Waals surface area contributed by atoms with Crippen LogP contribution in [0.2, 0.25) is 0 Å². The Morgan fingerprint density at radius 1 is 1.47 bits per heavy atom. The summed E-state index contributed by atoms with van der Waals surface area (Å²) >= 11 is 0. The molecule has 0 aliphatic carbocycles. The second kappa shape index (κ2) is 5.14. The highest BCUT2D eigenvalue weighted by Crippen LogP contribution is 2.22. The maximum absolute atomic E-state index is 12.1. The molecule has 1 aliphatic rings. The van der Waals surface area contributed by atoms with Gasteiger partial charge in [0.2, 0.25) is 0 Å². The normalized spacial score (nSPS) is 19.8. The molecule has 1 aromatic heterocycles. The summed E-state index contributed by atoms with van der Waals surface area (Å²) in [7, 11) is 0. The van der Waals surface area contributed by atoms with E-state index in [4.69, 9.17) is 4.74 Å². The lowest BCUT2D eigenvalue weighted by Gasteiger charge is -2.28. The topological polar surface area (TPSA) is 73.1 Å². The van der Waals surface area contributed by atoms with E-state index in [1.54, 1.807) is 9.58 Å². The Bertz CT molecular complexity index is 451. The van der Waals surface area contributed by atoms with Gasteiger partial charge in [-0.2, -0.15) is 0 Å². The zero-order chi connectivity index (χ0) is 14.0. The second-order valence-electron chi connectivity index (χ2n) is 5.88. The lowest BCUT2D eigenvalue weighted by Crippen LogP contribution is -2.41. The van der Waals surface area contributed by atoms with Crippen LogP contribution in [0.1, 0.15) is 39.4 Å². The van der Waals surface area contributed by atoms with Gasteiger partial charge in [-0.1, -0.05) is 0 Å². The smallest absolute Gasteiger partial charge is 0.410 e. The number of rotatable bonds is 2. The van der Waals surface area contributed by atoms with Crippen LogP contribution in [-0.4, -0.2) is 49.4 Å². The average Bonchev–Trinajstić information content (AvgIpc) is 2.87. The summed E-state index contributed by atoms with van der Waals surface area (Å²) in [6.07, 6.45) is 1.70. The number of likely N-dealkylation sites (tertiary alicyclic amines) is 1. The zero-order valence-corrected chi connectivity index (χ0v) is 12.0. The van der Waals surface area contributed by atoms with Gasteiger partial charge in [0.1, 0.15) is 11.4 Å². The number of hydrogen-bond acceptors (Lipinski definition) is 5. The van der Waals surface area contributed by atoms with Gasteiger partial charge in [0.05, 0.1) is 12.6 Å². The Balaban J connectivity index is 2.01. The van der Waals surface area contributed by atoms with Gasteiger partial charge in [-0.3, -0.25) is 0 Å². The van der Waals surface area contributed by atoms with Gasteiger partial charge in [0.25, 0.3) is 0 Å². The highest BCUT2D eigenvalue weighted by Gasteiger charge is 2.32. The van der Waals surface area contributed by atoms with Crippen molar-refractivity contribution in [2.75, 3.05) is 6.54 Å². The lowest BCUT2D eigenvalue weighted by atomic mass is 10.2.